The predicted molar refractivity (Wildman–Crippen MR) is 12.2 cm³/mol. The summed E-state index contributed by atoms with van der Waals surface area (Å²) in [6.45, 7) is 0. The van der Waals surface area contributed by atoms with Crippen molar-refractivity contribution in [2.45, 2.75) is 0 Å². The SMILES string of the molecule is O=C1[O][Hg][O]C1=O. The Morgan fingerprint density at radius 1 is 1.14 bits per heavy atom. The van der Waals surface area contributed by atoms with Crippen LogP contribution >= 0.6 is 0 Å². The van der Waals surface area contributed by atoms with Crippen molar-refractivity contribution in [3.05, 3.63) is 0 Å². The number of carbonyl (C=O) groups excluding carboxylic acids is 2. The predicted octanol–water partition coefficient (Wildman–Crippen LogP) is -1.00. The summed E-state index contributed by atoms with van der Waals surface area (Å²) in [5.74, 6) is -1.61. The van der Waals surface area contributed by atoms with Gasteiger partial charge < -0.3 is 0 Å². The molecule has 0 aromatic rings. The molecule has 5 heteroatoms. The first-order chi connectivity index (χ1) is 3.30. The Kier molecular flexibility index (Phi) is 1.27. The van der Waals surface area contributed by atoms with E-state index in [1.54, 1.807) is 0 Å². The van der Waals surface area contributed by atoms with Gasteiger partial charge >= 0.3 is 52.3 Å². The third-order valence-electron chi connectivity index (χ3n) is 0.547. The minimum atomic E-state index is -1.87. The number of carbonyl (C=O) groups is 2. The van der Waals surface area contributed by atoms with Gasteiger partial charge in [-0.05, 0) is 0 Å². The Bertz CT molecular complexity index is 105. The van der Waals surface area contributed by atoms with Crippen molar-refractivity contribution in [1.29, 1.82) is 0 Å². The topological polar surface area (TPSA) is 52.6 Å². The van der Waals surface area contributed by atoms with Gasteiger partial charge in [0, 0.05) is 0 Å². The maximum absolute atomic E-state index is 9.93. The average Bonchev–Trinajstić information content (AvgIpc) is 1.91. The monoisotopic (exact) mass is 290 g/mol. The molecule has 0 aromatic heterocycles. The molecule has 1 heterocycles. The quantitative estimate of drug-likeness (QED) is 0.424. The van der Waals surface area contributed by atoms with Crippen molar-refractivity contribution in [3.8, 4) is 0 Å². The van der Waals surface area contributed by atoms with Crippen LogP contribution in [0.2, 0.25) is 0 Å². The summed E-state index contributed by atoms with van der Waals surface area (Å²) < 4.78 is 8.55. The van der Waals surface area contributed by atoms with Crippen LogP contribution in [0.25, 0.3) is 0 Å². The van der Waals surface area contributed by atoms with Gasteiger partial charge in [0.2, 0.25) is 0 Å². The molecule has 0 aliphatic carbocycles. The summed E-state index contributed by atoms with van der Waals surface area (Å²) in [6.07, 6.45) is 0. The van der Waals surface area contributed by atoms with Crippen molar-refractivity contribution < 1.29 is 40.4 Å². The molecule has 0 aromatic carbocycles. The minimum absolute atomic E-state index is 0.804. The van der Waals surface area contributed by atoms with E-state index in [0.29, 0.717) is 0 Å². The Balaban J connectivity index is 2.65. The normalized spacial score (nSPS) is 16.6. The molecule has 4 nitrogen and oxygen atoms in total. The molecule has 34 valence electrons. The molecule has 0 atom stereocenters. The summed E-state index contributed by atoms with van der Waals surface area (Å²) in [7, 11) is 0. The maximum atomic E-state index is 9.93. The van der Waals surface area contributed by atoms with E-state index in [2.05, 4.69) is 5.29 Å². The van der Waals surface area contributed by atoms with E-state index in [0.717, 1.165) is 0 Å². The van der Waals surface area contributed by atoms with Gasteiger partial charge in [-0.25, -0.2) is 0 Å². The van der Waals surface area contributed by atoms with E-state index in [-0.39, 0.29) is 0 Å². The zero-order valence-corrected chi connectivity index (χ0v) is 8.84. The van der Waals surface area contributed by atoms with E-state index in [4.69, 9.17) is 0 Å². The average molecular weight is 289 g/mol. The molecule has 1 aliphatic heterocycles. The number of hydrogen-bond acceptors (Lipinski definition) is 4. The molecular weight excluding hydrogens is 289 g/mol. The van der Waals surface area contributed by atoms with Crippen LogP contribution in [0.1, 0.15) is 0 Å². The van der Waals surface area contributed by atoms with Crippen molar-refractivity contribution in [3.63, 3.8) is 0 Å². The van der Waals surface area contributed by atoms with E-state index in [1.807, 2.05) is 0 Å². The van der Waals surface area contributed by atoms with Crippen LogP contribution in [-0.2, 0) is 40.4 Å². The van der Waals surface area contributed by atoms with Crippen LogP contribution in [0, 0.1) is 0 Å². The Labute approximate surface area is 52.5 Å². The summed E-state index contributed by atoms with van der Waals surface area (Å²) in [4.78, 5) is 19.9. The standard InChI is InChI=1S/C2H2O4.Hg/c3-1(4)2(5)6;/h(H,3,4)(H,5,6);/q;+2/p-2. The molecule has 0 amide bonds. The molecular formula is C2HgO4. The summed E-state index contributed by atoms with van der Waals surface area (Å²) in [6, 6.07) is 0. The second kappa shape index (κ2) is 1.77. The number of rotatable bonds is 0. The van der Waals surface area contributed by atoms with Gasteiger partial charge in [0.25, 0.3) is 0 Å². The van der Waals surface area contributed by atoms with E-state index < -0.39 is 37.4 Å². The van der Waals surface area contributed by atoms with E-state index >= 15 is 0 Å². The van der Waals surface area contributed by atoms with Crippen molar-refractivity contribution in [2.24, 2.45) is 0 Å². The van der Waals surface area contributed by atoms with Gasteiger partial charge in [-0.1, -0.05) is 0 Å². The molecule has 0 unspecified atom stereocenters. The van der Waals surface area contributed by atoms with Gasteiger partial charge in [-0.2, -0.15) is 0 Å². The van der Waals surface area contributed by atoms with Crippen LogP contribution in [0.3, 0.4) is 0 Å². The molecule has 1 rings (SSSR count). The first-order valence-electron chi connectivity index (χ1n) is 1.64. The van der Waals surface area contributed by atoms with Crippen molar-refractivity contribution in [2.75, 3.05) is 0 Å². The zero-order valence-electron chi connectivity index (χ0n) is 3.34. The van der Waals surface area contributed by atoms with Crippen LogP contribution in [0.15, 0.2) is 0 Å². The molecule has 1 saturated heterocycles. The fourth-order valence-corrected chi connectivity index (χ4v) is 2.23. The molecule has 0 spiro atoms. The molecule has 0 N–H and O–H groups in total. The molecule has 0 saturated carbocycles. The van der Waals surface area contributed by atoms with E-state index in [1.165, 1.54) is 0 Å². The molecule has 1 fully saturated rings. The van der Waals surface area contributed by atoms with Crippen LogP contribution < -0.4 is 0 Å². The Morgan fingerprint density at radius 3 is 1.71 bits per heavy atom. The Morgan fingerprint density at radius 2 is 1.57 bits per heavy atom. The Hall–Kier alpha value is -0.125. The van der Waals surface area contributed by atoms with Crippen LogP contribution in [0.5, 0.6) is 0 Å². The van der Waals surface area contributed by atoms with Gasteiger partial charge in [0.05, 0.1) is 0 Å². The number of hydrogen-bond donors (Lipinski definition) is 0. The first-order valence-corrected chi connectivity index (χ1v) is 6.13. The third-order valence-corrected chi connectivity index (χ3v) is 3.50. The summed E-state index contributed by atoms with van der Waals surface area (Å²) >= 11 is -1.87. The molecule has 0 bridgehead atoms. The fraction of sp³-hybridized carbons (Fsp3) is 0. The zero-order chi connectivity index (χ0) is 5.28. The van der Waals surface area contributed by atoms with Crippen molar-refractivity contribution in [1.82, 2.24) is 0 Å². The fourth-order valence-electron chi connectivity index (χ4n) is 0.254. The second-order valence-corrected chi connectivity index (χ2v) is 4.14. The van der Waals surface area contributed by atoms with Gasteiger partial charge in [-0.3, -0.25) is 0 Å². The van der Waals surface area contributed by atoms with Gasteiger partial charge in [-0.15, -0.1) is 0 Å². The second-order valence-electron chi connectivity index (χ2n) is 0.981. The van der Waals surface area contributed by atoms with Gasteiger partial charge in [0.15, 0.2) is 0 Å². The van der Waals surface area contributed by atoms with Crippen LogP contribution in [-0.4, -0.2) is 11.9 Å². The third kappa shape index (κ3) is 0.905. The van der Waals surface area contributed by atoms with Gasteiger partial charge in [0.1, 0.15) is 0 Å². The molecule has 0 radical (unpaired) electrons. The van der Waals surface area contributed by atoms with E-state index in [9.17, 15) is 9.59 Å². The molecule has 1 aliphatic rings. The first kappa shape index (κ1) is 5.02. The molecule has 7 heavy (non-hydrogen) atoms. The summed E-state index contributed by atoms with van der Waals surface area (Å²) in [5, 5.41) is 0. The summed E-state index contributed by atoms with van der Waals surface area (Å²) in [5.41, 5.74) is 0. The van der Waals surface area contributed by atoms with Crippen molar-refractivity contribution >= 4 is 11.9 Å². The van der Waals surface area contributed by atoms with Crippen LogP contribution in [0.4, 0.5) is 0 Å².